The van der Waals surface area contributed by atoms with Crippen LogP contribution in [0, 0.1) is 5.92 Å². The largest absolute Gasteiger partial charge is 0.354 e. The zero-order valence-corrected chi connectivity index (χ0v) is 14.3. The van der Waals surface area contributed by atoms with Gasteiger partial charge in [0.05, 0.1) is 6.54 Å². The fraction of sp³-hybridized carbons (Fsp3) is 0.500. The molecule has 1 N–H and O–H groups in total. The van der Waals surface area contributed by atoms with Crippen LogP contribution in [0.3, 0.4) is 0 Å². The number of benzene rings is 1. The van der Waals surface area contributed by atoms with Gasteiger partial charge in [-0.1, -0.05) is 30.3 Å². The van der Waals surface area contributed by atoms with E-state index in [0.717, 1.165) is 38.1 Å². The first-order valence-electron chi connectivity index (χ1n) is 8.67. The molecule has 1 saturated heterocycles. The van der Waals surface area contributed by atoms with Gasteiger partial charge in [0.25, 0.3) is 0 Å². The number of likely N-dealkylation sites (tertiary alicyclic amines) is 1. The van der Waals surface area contributed by atoms with Crippen molar-refractivity contribution in [3.63, 3.8) is 0 Å². The molecule has 3 rings (SSSR count). The van der Waals surface area contributed by atoms with Crippen molar-refractivity contribution in [1.82, 2.24) is 25.0 Å². The second-order valence-electron chi connectivity index (χ2n) is 6.25. The van der Waals surface area contributed by atoms with Crippen molar-refractivity contribution in [1.29, 1.82) is 0 Å². The van der Waals surface area contributed by atoms with E-state index in [1.54, 1.807) is 12.7 Å². The lowest BCUT2D eigenvalue weighted by molar-refractivity contribution is 0.259. The van der Waals surface area contributed by atoms with E-state index in [2.05, 4.69) is 55.6 Å². The quantitative estimate of drug-likeness (QED) is 0.672. The Kier molecular flexibility index (Phi) is 5.82. The summed E-state index contributed by atoms with van der Waals surface area (Å²) in [5.41, 5.74) is 1.45. The maximum Gasteiger partial charge on any atom is 0.193 e. The number of rotatable bonds is 5. The lowest BCUT2D eigenvalue weighted by Gasteiger charge is -2.34. The topological polar surface area (TPSA) is 58.3 Å². The van der Waals surface area contributed by atoms with E-state index >= 15 is 0 Å². The summed E-state index contributed by atoms with van der Waals surface area (Å²) in [5.74, 6) is 1.77. The van der Waals surface area contributed by atoms with Gasteiger partial charge < -0.3 is 10.2 Å². The average molecular weight is 326 g/mol. The van der Waals surface area contributed by atoms with Gasteiger partial charge in [0.1, 0.15) is 12.7 Å². The van der Waals surface area contributed by atoms with E-state index in [0.29, 0.717) is 0 Å². The van der Waals surface area contributed by atoms with Gasteiger partial charge in [0.2, 0.25) is 0 Å². The molecule has 6 heteroatoms. The summed E-state index contributed by atoms with van der Waals surface area (Å²) in [6.07, 6.45) is 6.93. The minimum atomic E-state index is 0.775. The summed E-state index contributed by atoms with van der Waals surface area (Å²) >= 11 is 0. The normalized spacial score (nSPS) is 16.4. The smallest absolute Gasteiger partial charge is 0.193 e. The number of nitrogens with one attached hydrogen (secondary N) is 1. The number of aliphatic imine (C=N–C) groups is 1. The Hall–Kier alpha value is -2.37. The summed E-state index contributed by atoms with van der Waals surface area (Å²) in [7, 11) is 1.86. The first-order valence-corrected chi connectivity index (χ1v) is 8.67. The van der Waals surface area contributed by atoms with Gasteiger partial charge in [-0.05, 0) is 30.7 Å². The Labute approximate surface area is 143 Å². The van der Waals surface area contributed by atoms with Gasteiger partial charge in [-0.2, -0.15) is 5.10 Å². The molecule has 0 radical (unpaired) electrons. The van der Waals surface area contributed by atoms with E-state index < -0.39 is 0 Å². The molecule has 0 aliphatic carbocycles. The molecule has 2 aromatic rings. The first-order chi connectivity index (χ1) is 11.8. The van der Waals surface area contributed by atoms with Crippen LogP contribution in [-0.4, -0.2) is 52.3 Å². The summed E-state index contributed by atoms with van der Waals surface area (Å²) < 4.78 is 1.83. The molecule has 0 spiro atoms. The van der Waals surface area contributed by atoms with Crippen molar-refractivity contribution < 1.29 is 0 Å². The van der Waals surface area contributed by atoms with Crippen LogP contribution in [0.15, 0.2) is 48.0 Å². The molecule has 0 bridgehead atoms. The predicted octanol–water partition coefficient (Wildman–Crippen LogP) is 1.81. The molecule has 128 valence electrons. The highest BCUT2D eigenvalue weighted by Crippen LogP contribution is 2.21. The molecule has 1 aromatic heterocycles. The zero-order valence-electron chi connectivity index (χ0n) is 14.3. The zero-order chi connectivity index (χ0) is 16.6. The number of hydrogen-bond acceptors (Lipinski definition) is 3. The van der Waals surface area contributed by atoms with Crippen LogP contribution in [0.5, 0.6) is 0 Å². The van der Waals surface area contributed by atoms with E-state index in [1.165, 1.54) is 24.8 Å². The lowest BCUT2D eigenvalue weighted by Crippen LogP contribution is -2.46. The van der Waals surface area contributed by atoms with Crippen LogP contribution in [0.1, 0.15) is 18.4 Å². The Morgan fingerprint density at radius 1 is 1.25 bits per heavy atom. The Bertz CT molecular complexity index is 614. The van der Waals surface area contributed by atoms with Gasteiger partial charge in [0.15, 0.2) is 5.96 Å². The van der Waals surface area contributed by atoms with E-state index in [-0.39, 0.29) is 0 Å². The molecule has 1 aromatic carbocycles. The first kappa shape index (κ1) is 16.5. The van der Waals surface area contributed by atoms with E-state index in [1.807, 2.05) is 11.7 Å². The minimum absolute atomic E-state index is 0.775. The highest BCUT2D eigenvalue weighted by molar-refractivity contribution is 5.79. The second kappa shape index (κ2) is 8.47. The molecule has 1 aliphatic heterocycles. The average Bonchev–Trinajstić information content (AvgIpc) is 3.14. The van der Waals surface area contributed by atoms with Crippen molar-refractivity contribution in [2.24, 2.45) is 10.9 Å². The van der Waals surface area contributed by atoms with Gasteiger partial charge in [-0.3, -0.25) is 9.67 Å². The number of piperidine rings is 1. The molecule has 2 heterocycles. The molecule has 0 amide bonds. The fourth-order valence-corrected chi connectivity index (χ4v) is 3.26. The highest BCUT2D eigenvalue weighted by atomic mass is 15.3. The van der Waals surface area contributed by atoms with Gasteiger partial charge in [0, 0.05) is 26.7 Å². The van der Waals surface area contributed by atoms with Crippen LogP contribution >= 0.6 is 0 Å². The van der Waals surface area contributed by atoms with Crippen molar-refractivity contribution in [2.45, 2.75) is 25.8 Å². The molecule has 1 fully saturated rings. The fourth-order valence-electron chi connectivity index (χ4n) is 3.26. The molecule has 0 saturated carbocycles. The Balaban J connectivity index is 1.42. The third-order valence-corrected chi connectivity index (χ3v) is 4.58. The Morgan fingerprint density at radius 2 is 2.04 bits per heavy atom. The maximum atomic E-state index is 4.43. The van der Waals surface area contributed by atoms with Crippen LogP contribution in [0.4, 0.5) is 0 Å². The summed E-state index contributed by atoms with van der Waals surface area (Å²) in [6.45, 7) is 3.74. The summed E-state index contributed by atoms with van der Waals surface area (Å²) in [4.78, 5) is 10.7. The molecule has 24 heavy (non-hydrogen) atoms. The molecule has 1 aliphatic rings. The minimum Gasteiger partial charge on any atom is -0.354 e. The highest BCUT2D eigenvalue weighted by Gasteiger charge is 2.21. The number of hydrogen-bond donors (Lipinski definition) is 1. The van der Waals surface area contributed by atoms with Crippen LogP contribution in [0.2, 0.25) is 0 Å². The Morgan fingerprint density at radius 3 is 2.71 bits per heavy atom. The van der Waals surface area contributed by atoms with Gasteiger partial charge in [-0.25, -0.2) is 4.98 Å². The van der Waals surface area contributed by atoms with Crippen molar-refractivity contribution in [2.75, 3.05) is 26.7 Å². The van der Waals surface area contributed by atoms with E-state index in [4.69, 9.17) is 0 Å². The second-order valence-corrected chi connectivity index (χ2v) is 6.25. The number of aromatic nitrogens is 3. The maximum absolute atomic E-state index is 4.43. The molecule has 0 atom stereocenters. The summed E-state index contributed by atoms with van der Waals surface area (Å²) in [6, 6.07) is 10.8. The number of guanidine groups is 1. The van der Waals surface area contributed by atoms with Crippen LogP contribution < -0.4 is 5.32 Å². The third kappa shape index (κ3) is 4.57. The predicted molar refractivity (Wildman–Crippen MR) is 95.8 cm³/mol. The summed E-state index contributed by atoms with van der Waals surface area (Å²) in [5, 5.41) is 7.54. The van der Waals surface area contributed by atoms with Crippen molar-refractivity contribution in [3.05, 3.63) is 48.5 Å². The van der Waals surface area contributed by atoms with Crippen molar-refractivity contribution in [3.8, 4) is 0 Å². The molecule has 6 nitrogen and oxygen atoms in total. The van der Waals surface area contributed by atoms with Crippen LogP contribution in [-0.2, 0) is 13.0 Å². The third-order valence-electron chi connectivity index (χ3n) is 4.58. The standard InChI is InChI=1S/C18H26N6/c1-19-18(21-9-12-24-15-20-14-22-24)23-10-7-17(8-11-23)13-16-5-3-2-4-6-16/h2-6,14-15,17H,7-13H2,1H3,(H,19,21). The SMILES string of the molecule is CN=C(NCCn1cncn1)N1CCC(Cc2ccccc2)CC1. The molecular formula is C18H26N6. The van der Waals surface area contributed by atoms with E-state index in [9.17, 15) is 0 Å². The monoisotopic (exact) mass is 326 g/mol. The molecular weight excluding hydrogens is 300 g/mol. The van der Waals surface area contributed by atoms with Gasteiger partial charge in [-0.15, -0.1) is 0 Å². The van der Waals surface area contributed by atoms with Crippen molar-refractivity contribution >= 4 is 5.96 Å². The lowest BCUT2D eigenvalue weighted by atomic mass is 9.90. The number of nitrogens with zero attached hydrogens (tertiary/aromatic N) is 5. The van der Waals surface area contributed by atoms with Gasteiger partial charge >= 0.3 is 0 Å². The molecule has 0 unspecified atom stereocenters. The van der Waals surface area contributed by atoms with Crippen LogP contribution in [0.25, 0.3) is 0 Å².